The largest absolute Gasteiger partial charge is 2.00 e. The van der Waals surface area contributed by atoms with E-state index in [1.165, 1.54) is 79.0 Å². The van der Waals surface area contributed by atoms with Crippen molar-refractivity contribution in [3.63, 3.8) is 0 Å². The Labute approximate surface area is 808 Å². The molecule has 7 aliphatic rings. The van der Waals surface area contributed by atoms with Crippen LogP contribution in [0.15, 0.2) is 382 Å². The molecule has 131 heavy (non-hydrogen) atoms. The quantitative estimate of drug-likeness (QED) is 0.0372. The Morgan fingerprint density at radius 2 is 0.664 bits per heavy atom. The molecule has 2 radical (unpaired) electrons. The van der Waals surface area contributed by atoms with E-state index in [4.69, 9.17) is 42.1 Å². The Morgan fingerprint density at radius 1 is 0.397 bits per heavy atom. The van der Waals surface area contributed by atoms with Gasteiger partial charge in [-0.1, -0.05) is 320 Å². The average Bonchev–Trinajstić information content (AvgIpc) is 1.64. The Bertz CT molecular complexity index is 4810. The second-order valence-corrected chi connectivity index (χ2v) is 43.5. The summed E-state index contributed by atoms with van der Waals surface area (Å²) in [6.07, 6.45) is 10.4. The molecular weight excluding hydrogens is 1820 g/mol. The van der Waals surface area contributed by atoms with Crippen LogP contribution in [0.3, 0.4) is 0 Å². The normalized spacial score (nSPS) is 17.2. The van der Waals surface area contributed by atoms with E-state index in [9.17, 15) is 14.4 Å². The van der Waals surface area contributed by atoms with Crippen molar-refractivity contribution in [1.82, 2.24) is 19.6 Å². The molecular formula is C113H120Cl2N4O7P3RhSi. The third-order valence-electron chi connectivity index (χ3n) is 23.3. The van der Waals surface area contributed by atoms with Crippen LogP contribution in [0.2, 0.25) is 10.0 Å². The van der Waals surface area contributed by atoms with Crippen molar-refractivity contribution in [2.24, 2.45) is 10.8 Å². The van der Waals surface area contributed by atoms with Crippen molar-refractivity contribution in [3.8, 4) is 0 Å². The maximum Gasteiger partial charge on any atom is 2.00 e. The number of halogens is 2. The molecule has 2 aliphatic carbocycles. The number of amides is 3. The van der Waals surface area contributed by atoms with Crippen molar-refractivity contribution in [1.29, 1.82) is 0 Å². The van der Waals surface area contributed by atoms with Gasteiger partial charge in [0.25, 0.3) is 0 Å². The predicted molar refractivity (Wildman–Crippen MR) is 544 cm³/mol. The number of piperidine rings is 2. The molecule has 2 saturated carbocycles. The Kier molecular flexibility index (Phi) is 40.0. The van der Waals surface area contributed by atoms with Gasteiger partial charge in [-0.3, -0.25) is 9.69 Å². The summed E-state index contributed by atoms with van der Waals surface area (Å²) in [4.78, 5) is 46.3. The first-order chi connectivity index (χ1) is 63.2. The van der Waals surface area contributed by atoms with Crippen molar-refractivity contribution in [2.45, 2.75) is 147 Å². The summed E-state index contributed by atoms with van der Waals surface area (Å²) in [7, 11) is 0.603. The summed E-state index contributed by atoms with van der Waals surface area (Å²) in [6, 6.07) is 140. The van der Waals surface area contributed by atoms with Gasteiger partial charge in [0.05, 0.1) is 11.5 Å². The van der Waals surface area contributed by atoms with Gasteiger partial charge in [-0.25, -0.2) is 9.59 Å². The predicted octanol–water partition coefficient (Wildman–Crippen LogP) is 22.3. The van der Waals surface area contributed by atoms with Crippen LogP contribution in [-0.2, 0) is 43.1 Å². The van der Waals surface area contributed by atoms with Crippen LogP contribution in [-0.4, -0.2) is 116 Å². The van der Waals surface area contributed by atoms with Crippen LogP contribution in [0.4, 0.5) is 9.59 Å². The van der Waals surface area contributed by atoms with E-state index in [1.807, 2.05) is 154 Å². The zero-order chi connectivity index (χ0) is 91.6. The maximum atomic E-state index is 13.1. The van der Waals surface area contributed by atoms with Gasteiger partial charge in [0.2, 0.25) is 5.91 Å². The fourth-order valence-corrected chi connectivity index (χ4v) is 24.5. The second kappa shape index (κ2) is 51.5. The molecule has 7 fully saturated rings. The number of carbonyl (C=O) groups is 3. The first kappa shape index (κ1) is 102. The molecule has 3 unspecified atom stereocenters. The molecule has 18 heteroatoms. The molecule has 5 heterocycles. The maximum absolute atomic E-state index is 13.1. The standard InChI is InChI=1S/C21H27ClN2O3.C21H29ClN2O2.3C18H15P.2C6H5.C4H9OSi.CO.Rh/c1-20(2,3)27-19(26)23-12-10-21(11-13-23)17(14-4-6-15(22)7-5-14)24(18(21)25)16-8-9-16;1-20(2,3)26-19(25)23-12-10-21(11-13-23)14-24(17-8-9-17)18(21)15-4-6-16(22)7-5-15;3*1-4-10-16(11-5-1)19(17-12-6-2-7-13-17)18-14-8-3-9-15-18;2*1-2-4-6-5-3-1;6-4-2-1-3-5-4;1-2;/h4-7,16-17H,8-13H2,1-3H3;4-7,17-18H,8-14H2,1-3H3;3*1-15H;2*1-5H;4H,1-3,6H2;;/q;;;;;2*-1;;;+2. The number of likely N-dealkylation sites (tertiary alicyclic amines) is 4. The van der Waals surface area contributed by atoms with Crippen LogP contribution in [0.5, 0.6) is 0 Å². The van der Waals surface area contributed by atoms with Gasteiger partial charge in [0.1, 0.15) is 11.2 Å². The third kappa shape index (κ3) is 30.1. The first-order valence-corrected chi connectivity index (χ1v) is 50.7. The molecule has 0 bridgehead atoms. The Morgan fingerprint density at radius 3 is 0.885 bits per heavy atom. The fraction of sp³-hybridized carbons (Fsp3) is 0.274. The minimum Gasteiger partial charge on any atom is -0.383 e. The van der Waals surface area contributed by atoms with Crippen molar-refractivity contribution >= 4 is 123 Å². The molecule has 0 aromatic heterocycles. The van der Waals surface area contributed by atoms with Crippen LogP contribution in [0.1, 0.15) is 129 Å². The SMILES string of the molecule is CC(C)(C)OC(=O)N1CCC2(CC1)C(=O)N(C1CC1)C2c1ccc(Cl)cc1.CC(C)(C)OC(=O)N1CCC2(CC1)CN(C1CC1)C2c1ccc(Cl)cc1.[C-]#[O+].[Rh+2].[SiH2]C1CCCO1.[c-]1ccccc1.[c-]1ccccc1.c1ccc(P(c2ccccc2)c2ccccc2)cc1.c1ccc(P(c2ccccc2)c2ccccc2)cc1.c1ccc(P(c2ccccc2)c2ccccc2)cc1. The fourth-order valence-electron chi connectivity index (χ4n) is 16.9. The summed E-state index contributed by atoms with van der Waals surface area (Å²) in [6.45, 7) is 20.7. The topological polar surface area (TPSA) is 112 Å². The molecule has 3 amide bonds. The molecule has 676 valence electrons. The van der Waals surface area contributed by atoms with E-state index in [-0.39, 0.29) is 49.0 Å². The van der Waals surface area contributed by atoms with Crippen LogP contribution in [0.25, 0.3) is 0 Å². The number of carbonyl (C=O) groups excluding carboxylic acids is 3. The van der Waals surface area contributed by atoms with Crippen molar-refractivity contribution in [3.05, 3.63) is 422 Å². The van der Waals surface area contributed by atoms with Crippen molar-refractivity contribution < 1.29 is 52.7 Å². The summed E-state index contributed by atoms with van der Waals surface area (Å²) < 4.78 is 23.7. The summed E-state index contributed by atoms with van der Waals surface area (Å²) in [5.41, 5.74) is 2.05. The van der Waals surface area contributed by atoms with Gasteiger partial charge in [0, 0.05) is 88.9 Å². The smallest absolute Gasteiger partial charge is 0.383 e. The number of benzene rings is 13. The average molecular weight is 1940 g/mol. The van der Waals surface area contributed by atoms with Crippen LogP contribution >= 0.6 is 47.0 Å². The second-order valence-electron chi connectivity index (χ2n) is 35.0. The number of ether oxygens (including phenoxy) is 3. The number of β-lactam (4-membered cyclic amide) rings is 1. The van der Waals surface area contributed by atoms with Gasteiger partial charge in [0.15, 0.2) is 0 Å². The Hall–Kier alpha value is -9.76. The molecule has 5 aliphatic heterocycles. The van der Waals surface area contributed by atoms with Gasteiger partial charge in [-0.2, -0.15) is 72.8 Å². The molecule has 11 nitrogen and oxygen atoms in total. The molecule has 5 saturated heterocycles. The first-order valence-electron chi connectivity index (χ1n) is 45.1. The minimum absolute atomic E-state index is 0. The van der Waals surface area contributed by atoms with Gasteiger partial charge in [-0.15, -0.1) is 0 Å². The van der Waals surface area contributed by atoms with Crippen LogP contribution in [0, 0.1) is 29.6 Å². The molecule has 3 atom stereocenters. The summed E-state index contributed by atoms with van der Waals surface area (Å²) >= 11 is 12.2. The van der Waals surface area contributed by atoms with Gasteiger partial charge in [-0.05, 0) is 213 Å². The van der Waals surface area contributed by atoms with E-state index in [2.05, 4.69) is 314 Å². The zero-order valence-corrected chi connectivity index (χ0v) is 83.1. The van der Waals surface area contributed by atoms with Crippen LogP contribution < -0.4 is 47.7 Å². The van der Waals surface area contributed by atoms with E-state index in [1.54, 1.807) is 4.90 Å². The summed E-state index contributed by atoms with van der Waals surface area (Å²) in [5, 5.41) is 14.1. The van der Waals surface area contributed by atoms with E-state index >= 15 is 0 Å². The van der Waals surface area contributed by atoms with E-state index in [0.717, 1.165) is 68.6 Å². The van der Waals surface area contributed by atoms with E-state index < -0.39 is 40.4 Å². The van der Waals surface area contributed by atoms with E-state index in [0.29, 0.717) is 48.8 Å². The third-order valence-corrected chi connectivity index (χ3v) is 31.8. The summed E-state index contributed by atoms with van der Waals surface area (Å²) in [5.74, 6) is 0.258. The molecule has 13 aromatic rings. The molecule has 0 N–H and O–H groups in total. The molecule has 20 rings (SSSR count). The Balaban J connectivity index is 0.000000150. The molecule has 2 spiro atoms. The van der Waals surface area contributed by atoms with Gasteiger partial charge >= 0.3 is 43.0 Å². The van der Waals surface area contributed by atoms with Crippen molar-refractivity contribution in [2.75, 3.05) is 39.3 Å². The number of rotatable bonds is 13. The van der Waals surface area contributed by atoms with Gasteiger partial charge < -0.3 is 28.9 Å². The minimum atomic E-state index is -0.507. The number of hydrogen-bond acceptors (Lipinski definition) is 7. The monoisotopic (exact) mass is 1940 g/mol. The number of nitrogens with zero attached hydrogens (tertiary/aromatic N) is 4. The zero-order valence-electron chi connectivity index (χ0n) is 75.9. The molecule has 13 aromatic carbocycles. The number of hydrogen-bond donors (Lipinski definition) is 0.